The summed E-state index contributed by atoms with van der Waals surface area (Å²) in [7, 11) is 6.30. The second-order valence-electron chi connectivity index (χ2n) is 5.13. The largest absolute Gasteiger partial charge is 0.493 e. The Morgan fingerprint density at radius 1 is 1.17 bits per heavy atom. The molecule has 130 valence electrons. The molecule has 24 heavy (non-hydrogen) atoms. The molecule has 0 radical (unpaired) electrons. The summed E-state index contributed by atoms with van der Waals surface area (Å²) < 4.78 is 17.8. The van der Waals surface area contributed by atoms with Crippen molar-refractivity contribution in [1.29, 1.82) is 0 Å². The van der Waals surface area contributed by atoms with Crippen molar-refractivity contribution < 1.29 is 14.2 Å². The van der Waals surface area contributed by atoms with Crippen LogP contribution in [0.1, 0.15) is 18.5 Å². The van der Waals surface area contributed by atoms with Crippen LogP contribution in [0.4, 0.5) is 5.69 Å². The Hall–Kier alpha value is -2.22. The standard InChI is InChI=1S/C16H20BrN3O4/c1-9(19-11-8-18-20(2)16(21)14(11)17)10-6-12(22-3)15(24-5)13(7-10)23-4/h6-9,19H,1-5H3/t9-/m0/s1. The average Bonchev–Trinajstić information content (AvgIpc) is 2.60. The summed E-state index contributed by atoms with van der Waals surface area (Å²) in [6.45, 7) is 1.96. The van der Waals surface area contributed by atoms with E-state index >= 15 is 0 Å². The van der Waals surface area contributed by atoms with Crippen molar-refractivity contribution in [2.45, 2.75) is 13.0 Å². The fourth-order valence-corrected chi connectivity index (χ4v) is 2.75. The van der Waals surface area contributed by atoms with Gasteiger partial charge in [0, 0.05) is 13.1 Å². The molecular formula is C16H20BrN3O4. The zero-order valence-electron chi connectivity index (χ0n) is 14.2. The van der Waals surface area contributed by atoms with E-state index in [1.54, 1.807) is 34.6 Å². The first-order chi connectivity index (χ1) is 11.4. The normalized spacial score (nSPS) is 11.8. The monoisotopic (exact) mass is 397 g/mol. The lowest BCUT2D eigenvalue weighted by molar-refractivity contribution is 0.323. The highest BCUT2D eigenvalue weighted by atomic mass is 79.9. The van der Waals surface area contributed by atoms with Gasteiger partial charge >= 0.3 is 0 Å². The molecule has 1 aromatic heterocycles. The van der Waals surface area contributed by atoms with E-state index in [0.717, 1.165) is 5.56 Å². The summed E-state index contributed by atoms with van der Waals surface area (Å²) in [5.41, 5.74) is 1.31. The van der Waals surface area contributed by atoms with E-state index in [9.17, 15) is 4.79 Å². The van der Waals surface area contributed by atoms with E-state index in [1.807, 2.05) is 19.1 Å². The van der Waals surface area contributed by atoms with Gasteiger partial charge in [-0.3, -0.25) is 4.79 Å². The summed E-state index contributed by atoms with van der Waals surface area (Å²) in [6, 6.07) is 3.60. The van der Waals surface area contributed by atoms with E-state index in [1.165, 1.54) is 4.68 Å². The van der Waals surface area contributed by atoms with Crippen molar-refractivity contribution >= 4 is 21.6 Å². The van der Waals surface area contributed by atoms with Gasteiger partial charge in [0.15, 0.2) is 11.5 Å². The number of nitrogens with one attached hydrogen (secondary N) is 1. The Labute approximate surface area is 148 Å². The zero-order chi connectivity index (χ0) is 17.9. The molecule has 0 unspecified atom stereocenters. The van der Waals surface area contributed by atoms with Crippen LogP contribution in [0.5, 0.6) is 17.2 Å². The molecule has 2 rings (SSSR count). The van der Waals surface area contributed by atoms with Crippen molar-refractivity contribution in [2.24, 2.45) is 7.05 Å². The van der Waals surface area contributed by atoms with E-state index < -0.39 is 0 Å². The van der Waals surface area contributed by atoms with Gasteiger partial charge in [0.05, 0.1) is 33.2 Å². The van der Waals surface area contributed by atoms with Gasteiger partial charge in [0.25, 0.3) is 5.56 Å². The number of rotatable bonds is 6. The highest BCUT2D eigenvalue weighted by Gasteiger charge is 2.17. The second-order valence-corrected chi connectivity index (χ2v) is 5.92. The van der Waals surface area contributed by atoms with Crippen LogP contribution in [-0.4, -0.2) is 31.1 Å². The van der Waals surface area contributed by atoms with Gasteiger partial charge in [-0.2, -0.15) is 5.10 Å². The number of nitrogens with zero attached hydrogens (tertiary/aromatic N) is 2. The van der Waals surface area contributed by atoms with E-state index in [2.05, 4.69) is 26.3 Å². The molecule has 0 aliphatic carbocycles. The number of aryl methyl sites for hydroxylation is 1. The Morgan fingerprint density at radius 2 is 1.75 bits per heavy atom. The first-order valence-electron chi connectivity index (χ1n) is 7.21. The summed E-state index contributed by atoms with van der Waals surface area (Å²) in [5.74, 6) is 1.68. The lowest BCUT2D eigenvalue weighted by Crippen LogP contribution is -2.22. The number of methoxy groups -OCH3 is 3. The second kappa shape index (κ2) is 7.57. The lowest BCUT2D eigenvalue weighted by Gasteiger charge is -2.20. The van der Waals surface area contributed by atoms with Crippen LogP contribution in [-0.2, 0) is 7.05 Å². The lowest BCUT2D eigenvalue weighted by atomic mass is 10.1. The van der Waals surface area contributed by atoms with E-state index in [0.29, 0.717) is 27.4 Å². The molecule has 0 fully saturated rings. The van der Waals surface area contributed by atoms with Crippen molar-refractivity contribution in [2.75, 3.05) is 26.6 Å². The van der Waals surface area contributed by atoms with Gasteiger partial charge in [0.1, 0.15) is 4.47 Å². The molecule has 1 N–H and O–H groups in total. The van der Waals surface area contributed by atoms with Crippen LogP contribution >= 0.6 is 15.9 Å². The van der Waals surface area contributed by atoms with Crippen molar-refractivity contribution in [3.05, 3.63) is 38.7 Å². The van der Waals surface area contributed by atoms with Crippen LogP contribution < -0.4 is 25.1 Å². The number of anilines is 1. The summed E-state index contributed by atoms with van der Waals surface area (Å²) in [4.78, 5) is 11.9. The topological polar surface area (TPSA) is 74.6 Å². The zero-order valence-corrected chi connectivity index (χ0v) is 15.8. The fourth-order valence-electron chi connectivity index (χ4n) is 2.28. The molecule has 0 aliphatic rings. The van der Waals surface area contributed by atoms with Crippen LogP contribution in [0.2, 0.25) is 0 Å². The molecule has 0 saturated heterocycles. The number of ether oxygens (including phenoxy) is 3. The van der Waals surface area contributed by atoms with Gasteiger partial charge < -0.3 is 19.5 Å². The quantitative estimate of drug-likeness (QED) is 0.807. The minimum absolute atomic E-state index is 0.121. The van der Waals surface area contributed by atoms with Crippen molar-refractivity contribution in [1.82, 2.24) is 9.78 Å². The first kappa shape index (κ1) is 18.1. The SMILES string of the molecule is COc1cc([C@H](C)Nc2cnn(C)c(=O)c2Br)cc(OC)c1OC. The maximum Gasteiger partial charge on any atom is 0.282 e. The number of benzene rings is 1. The van der Waals surface area contributed by atoms with Crippen molar-refractivity contribution in [3.63, 3.8) is 0 Å². The van der Waals surface area contributed by atoms with E-state index in [4.69, 9.17) is 14.2 Å². The summed E-state index contributed by atoms with van der Waals surface area (Å²) in [5, 5.41) is 7.28. The molecule has 0 spiro atoms. The number of halogens is 1. The van der Waals surface area contributed by atoms with Crippen LogP contribution in [0, 0.1) is 0 Å². The minimum Gasteiger partial charge on any atom is -0.493 e. The summed E-state index contributed by atoms with van der Waals surface area (Å²) in [6.07, 6.45) is 1.60. The van der Waals surface area contributed by atoms with Gasteiger partial charge in [-0.1, -0.05) is 0 Å². The molecule has 1 atom stereocenters. The third kappa shape index (κ3) is 3.48. The fraction of sp³-hybridized carbons (Fsp3) is 0.375. The highest BCUT2D eigenvalue weighted by molar-refractivity contribution is 9.10. The Kier molecular flexibility index (Phi) is 5.71. The Bertz CT molecular complexity index is 766. The molecule has 0 aliphatic heterocycles. The third-order valence-corrected chi connectivity index (χ3v) is 4.40. The summed E-state index contributed by atoms with van der Waals surface area (Å²) >= 11 is 3.31. The van der Waals surface area contributed by atoms with Crippen LogP contribution in [0.15, 0.2) is 27.6 Å². The molecular weight excluding hydrogens is 378 g/mol. The van der Waals surface area contributed by atoms with Gasteiger partial charge in [-0.15, -0.1) is 0 Å². The molecule has 0 bridgehead atoms. The van der Waals surface area contributed by atoms with Crippen LogP contribution in [0.25, 0.3) is 0 Å². The van der Waals surface area contributed by atoms with Gasteiger partial charge in [-0.25, -0.2) is 4.68 Å². The molecule has 0 saturated carbocycles. The molecule has 1 aromatic carbocycles. The first-order valence-corrected chi connectivity index (χ1v) is 8.00. The van der Waals surface area contributed by atoms with Gasteiger partial charge in [0.2, 0.25) is 5.75 Å². The molecule has 1 heterocycles. The van der Waals surface area contributed by atoms with Gasteiger partial charge in [-0.05, 0) is 40.5 Å². The molecule has 0 amide bonds. The predicted octanol–water partition coefficient (Wildman–Crippen LogP) is 2.74. The smallest absolute Gasteiger partial charge is 0.282 e. The number of aromatic nitrogens is 2. The predicted molar refractivity (Wildman–Crippen MR) is 95.3 cm³/mol. The van der Waals surface area contributed by atoms with Crippen LogP contribution in [0.3, 0.4) is 0 Å². The van der Waals surface area contributed by atoms with Crippen molar-refractivity contribution in [3.8, 4) is 17.2 Å². The Morgan fingerprint density at radius 3 is 2.25 bits per heavy atom. The maximum atomic E-state index is 11.9. The number of hydrogen-bond donors (Lipinski definition) is 1. The average molecular weight is 398 g/mol. The molecule has 8 heteroatoms. The minimum atomic E-state index is -0.211. The molecule has 2 aromatic rings. The highest BCUT2D eigenvalue weighted by Crippen LogP contribution is 2.40. The third-order valence-electron chi connectivity index (χ3n) is 3.64. The van der Waals surface area contributed by atoms with E-state index in [-0.39, 0.29) is 11.6 Å². The number of hydrogen-bond acceptors (Lipinski definition) is 6. The molecule has 7 nitrogen and oxygen atoms in total. The Balaban J connectivity index is 2.38. The maximum absolute atomic E-state index is 11.9.